The van der Waals surface area contributed by atoms with Crippen molar-refractivity contribution >= 4 is 34.5 Å². The first-order valence-electron chi connectivity index (χ1n) is 6.54. The molecule has 21 heavy (non-hydrogen) atoms. The Hall–Kier alpha value is -2.25. The number of nitrogens with one attached hydrogen (secondary N) is 1. The highest BCUT2D eigenvalue weighted by Gasteiger charge is 2.28. The number of carbonyl (C=O) groups is 2. The fourth-order valence-electron chi connectivity index (χ4n) is 2.20. The number of thiazole rings is 1. The highest BCUT2D eigenvalue weighted by molar-refractivity contribution is 7.09. The van der Waals surface area contributed by atoms with E-state index in [1.807, 2.05) is 12.1 Å². The van der Waals surface area contributed by atoms with Gasteiger partial charge in [0.1, 0.15) is 12.2 Å². The Morgan fingerprint density at radius 3 is 3.05 bits per heavy atom. The molecule has 1 aromatic carbocycles. The summed E-state index contributed by atoms with van der Waals surface area (Å²) < 4.78 is 0. The van der Waals surface area contributed by atoms with Gasteiger partial charge in [-0.05, 0) is 18.7 Å². The van der Waals surface area contributed by atoms with Crippen molar-refractivity contribution in [3.8, 4) is 0 Å². The summed E-state index contributed by atoms with van der Waals surface area (Å²) >= 11 is 1.41. The predicted molar refractivity (Wildman–Crippen MR) is 81.6 cm³/mol. The second kappa shape index (κ2) is 5.63. The monoisotopic (exact) mass is 302 g/mol. The van der Waals surface area contributed by atoms with Crippen molar-refractivity contribution in [1.29, 1.82) is 0 Å². The molecular weight excluding hydrogens is 288 g/mol. The molecule has 1 aromatic heterocycles. The van der Waals surface area contributed by atoms with Crippen LogP contribution in [-0.4, -0.2) is 29.9 Å². The van der Waals surface area contributed by atoms with Crippen LogP contribution in [0.1, 0.15) is 15.5 Å². The van der Waals surface area contributed by atoms with Crippen molar-refractivity contribution < 1.29 is 9.59 Å². The summed E-state index contributed by atoms with van der Waals surface area (Å²) in [6, 6.07) is 7.22. The third-order valence-electron chi connectivity index (χ3n) is 3.14. The number of benzene rings is 1. The Bertz CT molecular complexity index is 698. The largest absolute Gasteiger partial charge is 0.330 e. The molecule has 0 fully saturated rings. The lowest BCUT2D eigenvalue weighted by molar-refractivity contribution is -0.115. The molecule has 1 aliphatic heterocycles. The van der Waals surface area contributed by atoms with Gasteiger partial charge in [0.2, 0.25) is 5.91 Å². The van der Waals surface area contributed by atoms with E-state index >= 15 is 0 Å². The number of fused-ring (bicyclic) bond motifs is 1. The second-order valence-electron chi connectivity index (χ2n) is 4.62. The third-order valence-corrected chi connectivity index (χ3v) is 4.05. The average molecular weight is 302 g/mol. The number of hydrogen-bond donors (Lipinski definition) is 2. The van der Waals surface area contributed by atoms with E-state index in [-0.39, 0.29) is 18.4 Å². The minimum absolute atomic E-state index is 0.000401. The minimum Gasteiger partial charge on any atom is -0.330 e. The second-order valence-corrected chi connectivity index (χ2v) is 5.56. The SMILES string of the molecule is NCCc1nc(C(=O)N2CC(=O)Nc3ccccc32)cs1. The fourth-order valence-corrected chi connectivity index (χ4v) is 2.99. The van der Waals surface area contributed by atoms with Gasteiger partial charge in [0.25, 0.3) is 5.91 Å². The number of amides is 2. The molecule has 2 heterocycles. The standard InChI is InChI=1S/C14H14N4O2S/c15-6-5-13-17-10(8-21-13)14(20)18-7-12(19)16-9-3-1-2-4-11(9)18/h1-4,8H,5-7,15H2,(H,16,19). The fraction of sp³-hybridized carbons (Fsp3) is 0.214. The number of nitrogens with two attached hydrogens (primary N) is 1. The Balaban J connectivity index is 1.92. The number of nitrogens with zero attached hydrogens (tertiary/aromatic N) is 2. The quantitative estimate of drug-likeness (QED) is 0.893. The highest BCUT2D eigenvalue weighted by atomic mass is 32.1. The van der Waals surface area contributed by atoms with Gasteiger partial charge in [0.05, 0.1) is 16.4 Å². The number of aromatic nitrogens is 1. The van der Waals surface area contributed by atoms with Gasteiger partial charge in [-0.3, -0.25) is 14.5 Å². The zero-order valence-electron chi connectivity index (χ0n) is 11.2. The first-order chi connectivity index (χ1) is 10.2. The van der Waals surface area contributed by atoms with Crippen LogP contribution in [0.15, 0.2) is 29.6 Å². The molecule has 108 valence electrons. The lowest BCUT2D eigenvalue weighted by atomic mass is 10.2. The molecule has 3 rings (SSSR count). The molecular formula is C14H14N4O2S. The van der Waals surface area contributed by atoms with Crippen LogP contribution in [0.25, 0.3) is 0 Å². The van der Waals surface area contributed by atoms with Gasteiger partial charge >= 0.3 is 0 Å². The smallest absolute Gasteiger partial charge is 0.278 e. The van der Waals surface area contributed by atoms with Crippen molar-refractivity contribution in [2.75, 3.05) is 23.3 Å². The van der Waals surface area contributed by atoms with E-state index in [9.17, 15) is 9.59 Å². The number of para-hydroxylation sites is 2. The highest BCUT2D eigenvalue weighted by Crippen LogP contribution is 2.30. The Morgan fingerprint density at radius 2 is 2.24 bits per heavy atom. The molecule has 0 saturated carbocycles. The minimum atomic E-state index is -0.267. The summed E-state index contributed by atoms with van der Waals surface area (Å²) in [7, 11) is 0. The van der Waals surface area contributed by atoms with Crippen molar-refractivity contribution in [2.24, 2.45) is 5.73 Å². The molecule has 2 amide bonds. The average Bonchev–Trinajstić information content (AvgIpc) is 2.94. The van der Waals surface area contributed by atoms with Crippen molar-refractivity contribution in [3.63, 3.8) is 0 Å². The zero-order chi connectivity index (χ0) is 14.8. The summed E-state index contributed by atoms with van der Waals surface area (Å²) in [5.74, 6) is -0.476. The van der Waals surface area contributed by atoms with Crippen molar-refractivity contribution in [3.05, 3.63) is 40.3 Å². The maximum Gasteiger partial charge on any atom is 0.278 e. The molecule has 0 unspecified atom stereocenters. The summed E-state index contributed by atoms with van der Waals surface area (Å²) in [4.78, 5) is 30.1. The van der Waals surface area contributed by atoms with E-state index in [1.54, 1.807) is 17.5 Å². The summed E-state index contributed by atoms with van der Waals surface area (Å²) in [5.41, 5.74) is 7.17. The number of hydrogen-bond acceptors (Lipinski definition) is 5. The molecule has 0 bridgehead atoms. The van der Waals surface area contributed by atoms with Gasteiger partial charge in [-0.1, -0.05) is 12.1 Å². The molecule has 1 aliphatic rings. The third kappa shape index (κ3) is 2.65. The maximum atomic E-state index is 12.6. The summed E-state index contributed by atoms with van der Waals surface area (Å²) in [6.45, 7) is 0.496. The Labute approximate surface area is 125 Å². The van der Waals surface area contributed by atoms with Crippen LogP contribution < -0.4 is 16.0 Å². The van der Waals surface area contributed by atoms with Crippen molar-refractivity contribution in [2.45, 2.75) is 6.42 Å². The number of anilines is 2. The van der Waals surface area contributed by atoms with Gasteiger partial charge in [-0.2, -0.15) is 0 Å². The summed E-state index contributed by atoms with van der Waals surface area (Å²) in [6.07, 6.45) is 0.648. The molecule has 6 nitrogen and oxygen atoms in total. The Kier molecular flexibility index (Phi) is 3.68. The predicted octanol–water partition coefficient (Wildman–Crippen LogP) is 1.24. The van der Waals surface area contributed by atoms with E-state index in [4.69, 9.17) is 5.73 Å². The van der Waals surface area contributed by atoms with Crippen LogP contribution in [0.2, 0.25) is 0 Å². The van der Waals surface area contributed by atoms with Gasteiger partial charge in [-0.25, -0.2) is 4.98 Å². The molecule has 0 atom stereocenters. The molecule has 3 N–H and O–H groups in total. The van der Waals surface area contributed by atoms with Gasteiger partial charge in [-0.15, -0.1) is 11.3 Å². The van der Waals surface area contributed by atoms with E-state index in [2.05, 4.69) is 10.3 Å². The Morgan fingerprint density at radius 1 is 1.43 bits per heavy atom. The molecule has 2 aromatic rings. The van der Waals surface area contributed by atoms with Crippen LogP contribution in [0, 0.1) is 0 Å². The lowest BCUT2D eigenvalue weighted by Gasteiger charge is -2.28. The van der Waals surface area contributed by atoms with Crippen LogP contribution in [0.4, 0.5) is 11.4 Å². The van der Waals surface area contributed by atoms with E-state index in [1.165, 1.54) is 16.2 Å². The van der Waals surface area contributed by atoms with E-state index in [0.717, 1.165) is 5.01 Å². The van der Waals surface area contributed by atoms with Gasteiger partial charge in [0.15, 0.2) is 0 Å². The van der Waals surface area contributed by atoms with Crippen LogP contribution >= 0.6 is 11.3 Å². The molecule has 0 radical (unpaired) electrons. The molecule has 0 spiro atoms. The summed E-state index contributed by atoms with van der Waals surface area (Å²) in [5, 5.41) is 5.29. The van der Waals surface area contributed by atoms with Crippen LogP contribution in [0.5, 0.6) is 0 Å². The molecule has 0 aliphatic carbocycles. The van der Waals surface area contributed by atoms with Crippen LogP contribution in [-0.2, 0) is 11.2 Å². The maximum absolute atomic E-state index is 12.6. The van der Waals surface area contributed by atoms with Crippen molar-refractivity contribution in [1.82, 2.24) is 4.98 Å². The zero-order valence-corrected chi connectivity index (χ0v) is 12.0. The normalized spacial score (nSPS) is 13.8. The van der Waals surface area contributed by atoms with E-state index in [0.29, 0.717) is 30.0 Å². The van der Waals surface area contributed by atoms with Gasteiger partial charge < -0.3 is 11.1 Å². The van der Waals surface area contributed by atoms with E-state index < -0.39 is 0 Å². The van der Waals surface area contributed by atoms with Gasteiger partial charge in [0, 0.05) is 11.8 Å². The first kappa shape index (κ1) is 13.7. The number of carbonyl (C=O) groups excluding carboxylic acids is 2. The lowest BCUT2D eigenvalue weighted by Crippen LogP contribution is -2.42. The first-order valence-corrected chi connectivity index (χ1v) is 7.42. The van der Waals surface area contributed by atoms with Crippen LogP contribution in [0.3, 0.4) is 0 Å². The molecule has 0 saturated heterocycles. The number of rotatable bonds is 3. The topological polar surface area (TPSA) is 88.3 Å². The molecule has 7 heteroatoms.